The fraction of sp³-hybridized carbons (Fsp3) is 0.412. The summed E-state index contributed by atoms with van der Waals surface area (Å²) in [6.07, 6.45) is 4.02. The third kappa shape index (κ3) is 3.39. The van der Waals surface area contributed by atoms with E-state index in [1.165, 1.54) is 24.8 Å². The van der Waals surface area contributed by atoms with Crippen LogP contribution in [0.15, 0.2) is 30.3 Å². The van der Waals surface area contributed by atoms with E-state index in [4.69, 9.17) is 17.0 Å². The summed E-state index contributed by atoms with van der Waals surface area (Å²) in [5.41, 5.74) is 3.60. The van der Waals surface area contributed by atoms with Crippen molar-refractivity contribution in [1.29, 1.82) is 0 Å². The zero-order valence-corrected chi connectivity index (χ0v) is 13.1. The number of nitrogens with zero attached hydrogens (tertiary/aromatic N) is 1. The van der Waals surface area contributed by atoms with Crippen molar-refractivity contribution in [3.8, 4) is 11.3 Å². The molecular formula is C17H20N2OS. The van der Waals surface area contributed by atoms with Crippen LogP contribution in [0, 0.1) is 4.64 Å². The minimum atomic E-state index is 0.466. The largest absolute Gasteiger partial charge is 0.374 e. The number of hydrogen-bond acceptors (Lipinski definition) is 3. The molecule has 0 amide bonds. The van der Waals surface area contributed by atoms with Gasteiger partial charge in [-0.1, -0.05) is 42.9 Å². The van der Waals surface area contributed by atoms with Gasteiger partial charge >= 0.3 is 0 Å². The van der Waals surface area contributed by atoms with Crippen molar-refractivity contribution in [3.05, 3.63) is 46.4 Å². The molecule has 1 aliphatic rings. The highest BCUT2D eigenvalue weighted by molar-refractivity contribution is 7.71. The molecule has 0 bridgehead atoms. The van der Waals surface area contributed by atoms with Crippen LogP contribution >= 0.6 is 12.2 Å². The first kappa shape index (κ1) is 14.4. The molecule has 0 spiro atoms. The lowest BCUT2D eigenvalue weighted by Gasteiger charge is -2.25. The molecule has 21 heavy (non-hydrogen) atoms. The van der Waals surface area contributed by atoms with Crippen LogP contribution in [0.1, 0.15) is 43.5 Å². The molecule has 110 valence electrons. The topological polar surface area (TPSA) is 37.9 Å². The maximum Gasteiger partial charge on any atom is 0.134 e. The summed E-state index contributed by atoms with van der Waals surface area (Å²) in [7, 11) is 0. The van der Waals surface area contributed by atoms with Crippen molar-refractivity contribution >= 4 is 12.2 Å². The molecule has 1 saturated carbocycles. The molecule has 1 fully saturated rings. The van der Waals surface area contributed by atoms with Gasteiger partial charge in [-0.05, 0) is 42.9 Å². The average Bonchev–Trinajstić information content (AvgIpc) is 2.43. The molecule has 3 nitrogen and oxygen atoms in total. The predicted octanol–water partition coefficient (Wildman–Crippen LogP) is 4.61. The van der Waals surface area contributed by atoms with E-state index in [0.29, 0.717) is 17.9 Å². The molecule has 0 saturated heterocycles. The summed E-state index contributed by atoms with van der Waals surface area (Å²) in [4.78, 5) is 7.61. The van der Waals surface area contributed by atoms with Crippen LogP contribution in [0.3, 0.4) is 0 Å². The lowest BCUT2D eigenvalue weighted by atomic mass is 9.80. The predicted molar refractivity (Wildman–Crippen MR) is 86.8 cm³/mol. The molecule has 0 unspecified atom stereocenters. The highest BCUT2D eigenvalue weighted by atomic mass is 32.1. The molecule has 0 atom stereocenters. The summed E-state index contributed by atoms with van der Waals surface area (Å²) in [6, 6.07) is 10.7. The van der Waals surface area contributed by atoms with Crippen molar-refractivity contribution in [1.82, 2.24) is 9.97 Å². The van der Waals surface area contributed by atoms with E-state index in [2.05, 4.69) is 34.2 Å². The number of aromatic amines is 1. The van der Waals surface area contributed by atoms with E-state index in [9.17, 15) is 0 Å². The number of nitrogens with one attached hydrogen (secondary N) is 1. The van der Waals surface area contributed by atoms with Gasteiger partial charge in [0.2, 0.25) is 0 Å². The number of H-pyrrole nitrogens is 1. The maximum atomic E-state index is 5.40. The van der Waals surface area contributed by atoms with E-state index in [-0.39, 0.29) is 0 Å². The van der Waals surface area contributed by atoms with Crippen LogP contribution in [0.2, 0.25) is 0 Å². The quantitative estimate of drug-likeness (QED) is 0.819. The molecule has 0 aliphatic heterocycles. The van der Waals surface area contributed by atoms with Gasteiger partial charge in [0, 0.05) is 12.3 Å². The Morgan fingerprint density at radius 2 is 2.05 bits per heavy atom. The smallest absolute Gasteiger partial charge is 0.134 e. The van der Waals surface area contributed by atoms with Crippen molar-refractivity contribution in [2.75, 3.05) is 6.61 Å². The van der Waals surface area contributed by atoms with Gasteiger partial charge in [0.15, 0.2) is 0 Å². The van der Waals surface area contributed by atoms with Crippen LogP contribution in [-0.4, -0.2) is 16.6 Å². The standard InChI is InChI=1S/C17H20N2OS/c1-2-20-11-16-18-15(10-17(21)19-16)14-8-6-13(7-9-14)12-4-3-5-12/h6-10,12H,2-5,11H2,1H3,(H,18,19,21). The number of ether oxygens (including phenoxy) is 1. The number of hydrogen-bond donors (Lipinski definition) is 1. The third-order valence-electron chi connectivity index (χ3n) is 4.03. The minimum absolute atomic E-state index is 0.466. The number of benzene rings is 1. The fourth-order valence-electron chi connectivity index (χ4n) is 2.61. The van der Waals surface area contributed by atoms with Gasteiger partial charge in [0.25, 0.3) is 0 Å². The fourth-order valence-corrected chi connectivity index (χ4v) is 2.84. The van der Waals surface area contributed by atoms with Gasteiger partial charge in [-0.3, -0.25) is 0 Å². The Balaban J connectivity index is 1.84. The summed E-state index contributed by atoms with van der Waals surface area (Å²) in [5, 5.41) is 0. The van der Waals surface area contributed by atoms with Gasteiger partial charge in [-0.15, -0.1) is 0 Å². The first-order valence-electron chi connectivity index (χ1n) is 7.54. The van der Waals surface area contributed by atoms with E-state index >= 15 is 0 Å². The lowest BCUT2D eigenvalue weighted by Crippen LogP contribution is -2.08. The van der Waals surface area contributed by atoms with E-state index < -0.39 is 0 Å². The second-order valence-electron chi connectivity index (χ2n) is 5.47. The number of aromatic nitrogens is 2. The Labute approximate surface area is 130 Å². The first-order chi connectivity index (χ1) is 10.3. The van der Waals surface area contributed by atoms with Crippen molar-refractivity contribution in [3.63, 3.8) is 0 Å². The highest BCUT2D eigenvalue weighted by Gasteiger charge is 2.19. The van der Waals surface area contributed by atoms with Crippen molar-refractivity contribution in [2.45, 2.75) is 38.7 Å². The summed E-state index contributed by atoms with van der Waals surface area (Å²) >= 11 is 5.25. The van der Waals surface area contributed by atoms with Gasteiger partial charge in [0.1, 0.15) is 17.1 Å². The van der Waals surface area contributed by atoms with Crippen LogP contribution in [0.25, 0.3) is 11.3 Å². The zero-order chi connectivity index (χ0) is 14.7. The second-order valence-corrected chi connectivity index (χ2v) is 5.88. The van der Waals surface area contributed by atoms with Crippen molar-refractivity contribution < 1.29 is 4.74 Å². The van der Waals surface area contributed by atoms with Crippen LogP contribution in [0.4, 0.5) is 0 Å². The normalized spacial score (nSPS) is 14.9. The SMILES string of the molecule is CCOCc1nc(=S)cc(-c2ccc(C3CCC3)cc2)[nH]1. The third-order valence-corrected chi connectivity index (χ3v) is 4.24. The van der Waals surface area contributed by atoms with Crippen molar-refractivity contribution in [2.24, 2.45) is 0 Å². The van der Waals surface area contributed by atoms with E-state index in [1.807, 2.05) is 13.0 Å². The van der Waals surface area contributed by atoms with E-state index in [0.717, 1.165) is 23.0 Å². The van der Waals surface area contributed by atoms with Gasteiger partial charge in [-0.25, -0.2) is 4.98 Å². The molecule has 1 aromatic heterocycles. The van der Waals surface area contributed by atoms with Gasteiger partial charge in [-0.2, -0.15) is 0 Å². The molecule has 4 heteroatoms. The molecule has 3 rings (SSSR count). The van der Waals surface area contributed by atoms with Crippen LogP contribution < -0.4 is 0 Å². The summed E-state index contributed by atoms with van der Waals surface area (Å²) in [5.74, 6) is 1.55. The maximum absolute atomic E-state index is 5.40. The molecule has 1 heterocycles. The molecular weight excluding hydrogens is 280 g/mol. The first-order valence-corrected chi connectivity index (χ1v) is 7.95. The summed E-state index contributed by atoms with van der Waals surface area (Å²) < 4.78 is 6.00. The number of rotatable bonds is 5. The summed E-state index contributed by atoms with van der Waals surface area (Å²) in [6.45, 7) is 3.11. The van der Waals surface area contributed by atoms with Crippen LogP contribution in [0.5, 0.6) is 0 Å². The zero-order valence-electron chi connectivity index (χ0n) is 12.3. The minimum Gasteiger partial charge on any atom is -0.374 e. The Morgan fingerprint density at radius 3 is 2.67 bits per heavy atom. The molecule has 2 aromatic rings. The Morgan fingerprint density at radius 1 is 1.29 bits per heavy atom. The lowest BCUT2D eigenvalue weighted by molar-refractivity contribution is 0.128. The monoisotopic (exact) mass is 300 g/mol. The van der Waals surface area contributed by atoms with Gasteiger partial charge < -0.3 is 9.72 Å². The second kappa shape index (κ2) is 6.50. The van der Waals surface area contributed by atoms with Crippen LogP contribution in [-0.2, 0) is 11.3 Å². The average molecular weight is 300 g/mol. The molecule has 1 N–H and O–H groups in total. The Hall–Kier alpha value is -1.52. The van der Waals surface area contributed by atoms with Gasteiger partial charge in [0.05, 0.1) is 0 Å². The van der Waals surface area contributed by atoms with E-state index in [1.54, 1.807) is 0 Å². The Kier molecular flexibility index (Phi) is 4.46. The highest BCUT2D eigenvalue weighted by Crippen LogP contribution is 2.36. The molecule has 1 aromatic carbocycles. The Bertz CT molecular complexity index is 659. The molecule has 1 aliphatic carbocycles. The molecule has 0 radical (unpaired) electrons.